The smallest absolute Gasteiger partial charge is 0.239 e. The summed E-state index contributed by atoms with van der Waals surface area (Å²) in [6, 6.07) is 7.88. The van der Waals surface area contributed by atoms with Crippen LogP contribution >= 0.6 is 22.9 Å². The number of rotatable bonds is 5. The molecule has 0 unspecified atom stereocenters. The third kappa shape index (κ3) is 4.22. The number of hydrogen-bond donors (Lipinski definition) is 2. The minimum atomic E-state index is -0.405. The van der Waals surface area contributed by atoms with Crippen LogP contribution in [0, 0.1) is 5.82 Å². The Morgan fingerprint density at radius 2 is 2.21 bits per heavy atom. The highest BCUT2D eigenvalue weighted by Gasteiger charge is 2.05. The highest BCUT2D eigenvalue weighted by Crippen LogP contribution is 2.21. The number of nitrogens with one attached hydrogen (secondary N) is 2. The Morgan fingerprint density at radius 1 is 1.37 bits per heavy atom. The minimum absolute atomic E-state index is 0.0940. The fourth-order valence-electron chi connectivity index (χ4n) is 1.47. The Balaban J connectivity index is 1.80. The van der Waals surface area contributed by atoms with Gasteiger partial charge in [0.25, 0.3) is 0 Å². The topological polar surface area (TPSA) is 41.1 Å². The normalized spacial score (nSPS) is 10.2. The van der Waals surface area contributed by atoms with Crippen LogP contribution in [-0.2, 0) is 11.3 Å². The maximum Gasteiger partial charge on any atom is 0.239 e. The molecule has 1 amide bonds. The summed E-state index contributed by atoms with van der Waals surface area (Å²) in [7, 11) is 0. The molecule has 2 aromatic rings. The molecule has 19 heavy (non-hydrogen) atoms. The van der Waals surface area contributed by atoms with Gasteiger partial charge in [0.2, 0.25) is 5.91 Å². The number of thiophene rings is 1. The molecular formula is C13H12ClFN2OS. The molecule has 0 aliphatic heterocycles. The van der Waals surface area contributed by atoms with E-state index in [2.05, 4.69) is 10.6 Å². The summed E-state index contributed by atoms with van der Waals surface area (Å²) >= 11 is 7.42. The van der Waals surface area contributed by atoms with Gasteiger partial charge in [-0.3, -0.25) is 4.79 Å². The zero-order chi connectivity index (χ0) is 13.7. The van der Waals surface area contributed by atoms with Gasteiger partial charge in [-0.15, -0.1) is 11.3 Å². The first kappa shape index (κ1) is 13.8. The van der Waals surface area contributed by atoms with Crippen LogP contribution in [0.5, 0.6) is 0 Å². The van der Waals surface area contributed by atoms with Gasteiger partial charge < -0.3 is 10.6 Å². The first-order valence-corrected chi connectivity index (χ1v) is 6.89. The zero-order valence-corrected chi connectivity index (χ0v) is 11.5. The number of anilines is 1. The average molecular weight is 299 g/mol. The Morgan fingerprint density at radius 3 is 2.89 bits per heavy atom. The minimum Gasteiger partial charge on any atom is -0.375 e. The van der Waals surface area contributed by atoms with E-state index in [-0.39, 0.29) is 17.5 Å². The molecule has 2 rings (SSSR count). The van der Waals surface area contributed by atoms with Gasteiger partial charge in [-0.25, -0.2) is 4.39 Å². The summed E-state index contributed by atoms with van der Waals surface area (Å²) in [6.07, 6.45) is 0. The fraction of sp³-hybridized carbons (Fsp3) is 0.154. The van der Waals surface area contributed by atoms with Crippen molar-refractivity contribution in [1.29, 1.82) is 0 Å². The molecule has 0 atom stereocenters. The van der Waals surface area contributed by atoms with Crippen molar-refractivity contribution in [2.75, 3.05) is 11.9 Å². The fourth-order valence-corrected chi connectivity index (χ4v) is 2.35. The van der Waals surface area contributed by atoms with E-state index in [1.807, 2.05) is 17.5 Å². The van der Waals surface area contributed by atoms with Crippen LogP contribution in [-0.4, -0.2) is 12.5 Å². The van der Waals surface area contributed by atoms with Crippen LogP contribution < -0.4 is 10.6 Å². The van der Waals surface area contributed by atoms with Crippen molar-refractivity contribution in [3.8, 4) is 0 Å². The molecule has 6 heteroatoms. The Kier molecular flexibility index (Phi) is 4.76. The second-order valence-electron chi connectivity index (χ2n) is 3.83. The van der Waals surface area contributed by atoms with Gasteiger partial charge in [-0.2, -0.15) is 0 Å². The lowest BCUT2D eigenvalue weighted by atomic mass is 10.3. The molecule has 100 valence electrons. The van der Waals surface area contributed by atoms with E-state index in [0.29, 0.717) is 12.2 Å². The average Bonchev–Trinajstić information content (AvgIpc) is 2.88. The first-order valence-electron chi connectivity index (χ1n) is 5.63. The summed E-state index contributed by atoms with van der Waals surface area (Å²) in [5, 5.41) is 7.85. The first-order chi connectivity index (χ1) is 9.15. The molecule has 0 bridgehead atoms. The molecule has 0 fully saturated rings. The standard InChI is InChI=1S/C13H12ClFN2OS/c14-11-6-9(15)3-4-12(11)16-8-13(18)17-7-10-2-1-5-19-10/h1-6,16H,7-8H2,(H,17,18). The number of benzene rings is 1. The van der Waals surface area contributed by atoms with E-state index in [4.69, 9.17) is 11.6 Å². The molecule has 2 N–H and O–H groups in total. The molecule has 0 radical (unpaired) electrons. The Labute approximate surface area is 119 Å². The number of amides is 1. The SMILES string of the molecule is O=C(CNc1ccc(F)cc1Cl)NCc1cccs1. The molecule has 1 heterocycles. The predicted octanol–water partition coefficient (Wildman–Crippen LogP) is 3.27. The largest absolute Gasteiger partial charge is 0.375 e. The lowest BCUT2D eigenvalue weighted by Gasteiger charge is -2.08. The third-order valence-electron chi connectivity index (χ3n) is 2.41. The van der Waals surface area contributed by atoms with Crippen molar-refractivity contribution in [3.63, 3.8) is 0 Å². The van der Waals surface area contributed by atoms with Gasteiger partial charge in [0.15, 0.2) is 0 Å². The van der Waals surface area contributed by atoms with Crippen molar-refractivity contribution in [2.45, 2.75) is 6.54 Å². The summed E-state index contributed by atoms with van der Waals surface area (Å²) in [5.41, 5.74) is 0.536. The van der Waals surface area contributed by atoms with Crippen molar-refractivity contribution >= 4 is 34.5 Å². The number of hydrogen-bond acceptors (Lipinski definition) is 3. The van der Waals surface area contributed by atoms with Gasteiger partial charge in [0.05, 0.1) is 23.8 Å². The third-order valence-corrected chi connectivity index (χ3v) is 3.60. The molecule has 1 aromatic carbocycles. The summed E-state index contributed by atoms with van der Waals surface area (Å²) in [6.45, 7) is 0.603. The molecule has 3 nitrogen and oxygen atoms in total. The lowest BCUT2D eigenvalue weighted by molar-refractivity contribution is -0.119. The Hall–Kier alpha value is -1.59. The predicted molar refractivity (Wildman–Crippen MR) is 76.1 cm³/mol. The van der Waals surface area contributed by atoms with Crippen LogP contribution in [0.15, 0.2) is 35.7 Å². The van der Waals surface area contributed by atoms with Crippen LogP contribution in [0.3, 0.4) is 0 Å². The molecule has 1 aromatic heterocycles. The summed E-state index contributed by atoms with van der Waals surface area (Å²) in [5.74, 6) is -0.550. The maximum absolute atomic E-state index is 12.8. The van der Waals surface area contributed by atoms with E-state index in [9.17, 15) is 9.18 Å². The van der Waals surface area contributed by atoms with E-state index in [1.165, 1.54) is 18.2 Å². The van der Waals surface area contributed by atoms with E-state index >= 15 is 0 Å². The van der Waals surface area contributed by atoms with Gasteiger partial charge >= 0.3 is 0 Å². The Bertz CT molecular complexity index is 560. The van der Waals surface area contributed by atoms with E-state index in [0.717, 1.165) is 4.88 Å². The van der Waals surface area contributed by atoms with Gasteiger partial charge in [0, 0.05) is 4.88 Å². The molecular weight excluding hydrogens is 287 g/mol. The molecule has 0 aliphatic carbocycles. The number of carbonyl (C=O) groups excluding carboxylic acids is 1. The number of carbonyl (C=O) groups is 1. The summed E-state index contributed by atoms with van der Waals surface area (Å²) < 4.78 is 12.8. The molecule has 0 aliphatic rings. The second kappa shape index (κ2) is 6.54. The van der Waals surface area contributed by atoms with Crippen LogP contribution in [0.25, 0.3) is 0 Å². The number of halogens is 2. The van der Waals surface area contributed by atoms with Crippen LogP contribution in [0.4, 0.5) is 10.1 Å². The van der Waals surface area contributed by atoms with Crippen molar-refractivity contribution in [2.24, 2.45) is 0 Å². The lowest BCUT2D eigenvalue weighted by Crippen LogP contribution is -2.29. The van der Waals surface area contributed by atoms with Crippen molar-refractivity contribution in [3.05, 3.63) is 51.4 Å². The quantitative estimate of drug-likeness (QED) is 0.889. The van der Waals surface area contributed by atoms with Crippen molar-refractivity contribution < 1.29 is 9.18 Å². The highest BCUT2D eigenvalue weighted by atomic mass is 35.5. The van der Waals surface area contributed by atoms with Crippen LogP contribution in [0.2, 0.25) is 5.02 Å². The molecule has 0 spiro atoms. The van der Waals surface area contributed by atoms with E-state index in [1.54, 1.807) is 11.3 Å². The van der Waals surface area contributed by atoms with Gasteiger partial charge in [0.1, 0.15) is 5.82 Å². The molecule has 0 saturated carbocycles. The van der Waals surface area contributed by atoms with E-state index < -0.39 is 5.82 Å². The van der Waals surface area contributed by atoms with Crippen LogP contribution in [0.1, 0.15) is 4.88 Å². The second-order valence-corrected chi connectivity index (χ2v) is 5.27. The summed E-state index contributed by atoms with van der Waals surface area (Å²) in [4.78, 5) is 12.7. The van der Waals surface area contributed by atoms with Crippen molar-refractivity contribution in [1.82, 2.24) is 5.32 Å². The maximum atomic E-state index is 12.8. The van der Waals surface area contributed by atoms with Gasteiger partial charge in [-0.1, -0.05) is 17.7 Å². The molecule has 0 saturated heterocycles. The monoisotopic (exact) mass is 298 g/mol. The van der Waals surface area contributed by atoms with Gasteiger partial charge in [-0.05, 0) is 29.6 Å². The zero-order valence-electron chi connectivity index (χ0n) is 9.95. The highest BCUT2D eigenvalue weighted by molar-refractivity contribution is 7.09.